The van der Waals surface area contributed by atoms with Crippen molar-refractivity contribution in [2.45, 2.75) is 19.3 Å². The highest BCUT2D eigenvalue weighted by molar-refractivity contribution is 5.76. The van der Waals surface area contributed by atoms with Gasteiger partial charge >= 0.3 is 0 Å². The van der Waals surface area contributed by atoms with Crippen molar-refractivity contribution >= 4 is 5.91 Å². The number of amides is 1. The van der Waals surface area contributed by atoms with Gasteiger partial charge in [-0.15, -0.1) is 0 Å². The standard InChI is InChI=1S/C15H19N3O/c16-12-18-9-7-14(11-18)10-15(19)17-8-6-13-4-2-1-3-5-13/h1-5,14H,6-11H2,(H,17,19). The number of rotatable bonds is 5. The van der Waals surface area contributed by atoms with Crippen molar-refractivity contribution in [3.63, 3.8) is 0 Å². The fourth-order valence-corrected chi connectivity index (χ4v) is 2.42. The summed E-state index contributed by atoms with van der Waals surface area (Å²) in [5.74, 6) is 0.428. The van der Waals surface area contributed by atoms with Crippen molar-refractivity contribution in [2.75, 3.05) is 19.6 Å². The first-order valence-corrected chi connectivity index (χ1v) is 6.73. The van der Waals surface area contributed by atoms with Gasteiger partial charge in [0.1, 0.15) is 0 Å². The van der Waals surface area contributed by atoms with E-state index < -0.39 is 0 Å². The van der Waals surface area contributed by atoms with E-state index in [-0.39, 0.29) is 5.91 Å². The van der Waals surface area contributed by atoms with Gasteiger partial charge in [0.2, 0.25) is 5.91 Å². The molecule has 2 rings (SSSR count). The second-order valence-corrected chi connectivity index (χ2v) is 4.99. The molecule has 0 radical (unpaired) electrons. The minimum absolute atomic E-state index is 0.0979. The van der Waals surface area contributed by atoms with Gasteiger partial charge in [0, 0.05) is 26.1 Å². The van der Waals surface area contributed by atoms with E-state index in [1.165, 1.54) is 5.56 Å². The van der Waals surface area contributed by atoms with E-state index in [2.05, 4.69) is 23.6 Å². The van der Waals surface area contributed by atoms with E-state index >= 15 is 0 Å². The minimum atomic E-state index is 0.0979. The summed E-state index contributed by atoms with van der Waals surface area (Å²) < 4.78 is 0. The maximum absolute atomic E-state index is 11.8. The van der Waals surface area contributed by atoms with E-state index in [9.17, 15) is 4.79 Å². The Morgan fingerprint density at radius 2 is 2.21 bits per heavy atom. The molecule has 1 aromatic carbocycles. The second-order valence-electron chi connectivity index (χ2n) is 4.99. The van der Waals surface area contributed by atoms with Crippen molar-refractivity contribution in [3.8, 4) is 6.19 Å². The highest BCUT2D eigenvalue weighted by Crippen LogP contribution is 2.18. The molecule has 1 fully saturated rings. The molecule has 0 aromatic heterocycles. The van der Waals surface area contributed by atoms with Crippen LogP contribution in [-0.2, 0) is 11.2 Å². The summed E-state index contributed by atoms with van der Waals surface area (Å²) in [5.41, 5.74) is 1.24. The van der Waals surface area contributed by atoms with Gasteiger partial charge in [0.05, 0.1) is 0 Å². The van der Waals surface area contributed by atoms with Crippen LogP contribution in [-0.4, -0.2) is 30.4 Å². The lowest BCUT2D eigenvalue weighted by Gasteiger charge is -2.10. The monoisotopic (exact) mass is 257 g/mol. The maximum Gasteiger partial charge on any atom is 0.220 e. The van der Waals surface area contributed by atoms with E-state index in [1.54, 1.807) is 4.90 Å². The van der Waals surface area contributed by atoms with Crippen LogP contribution in [0.2, 0.25) is 0 Å². The van der Waals surface area contributed by atoms with Crippen molar-refractivity contribution in [1.29, 1.82) is 5.26 Å². The minimum Gasteiger partial charge on any atom is -0.356 e. The predicted molar refractivity (Wildman–Crippen MR) is 73.1 cm³/mol. The number of nitrogens with one attached hydrogen (secondary N) is 1. The Bertz CT molecular complexity index is 452. The zero-order valence-corrected chi connectivity index (χ0v) is 11.0. The smallest absolute Gasteiger partial charge is 0.220 e. The zero-order chi connectivity index (χ0) is 13.5. The number of hydrogen-bond acceptors (Lipinski definition) is 3. The van der Waals surface area contributed by atoms with Gasteiger partial charge < -0.3 is 10.2 Å². The molecule has 1 atom stereocenters. The Hall–Kier alpha value is -2.02. The first kappa shape index (κ1) is 13.4. The van der Waals surface area contributed by atoms with Gasteiger partial charge in [-0.2, -0.15) is 5.26 Å². The Labute approximate surface area is 114 Å². The van der Waals surface area contributed by atoms with Crippen LogP contribution in [0.5, 0.6) is 0 Å². The summed E-state index contributed by atoms with van der Waals surface area (Å²) in [6.45, 7) is 2.19. The van der Waals surface area contributed by atoms with Gasteiger partial charge in [0.15, 0.2) is 6.19 Å². The van der Waals surface area contributed by atoms with E-state index in [0.29, 0.717) is 18.9 Å². The SMILES string of the molecule is N#CN1CCC(CC(=O)NCCc2ccccc2)C1. The third kappa shape index (κ3) is 4.29. The molecule has 1 saturated heterocycles. The second kappa shape index (κ2) is 6.79. The number of carbonyl (C=O) groups excluding carboxylic acids is 1. The van der Waals surface area contributed by atoms with Crippen LogP contribution in [0.15, 0.2) is 30.3 Å². The van der Waals surface area contributed by atoms with Crippen LogP contribution in [0, 0.1) is 17.4 Å². The van der Waals surface area contributed by atoms with E-state index in [1.807, 2.05) is 18.2 Å². The lowest BCUT2D eigenvalue weighted by Crippen LogP contribution is -2.28. The third-order valence-electron chi connectivity index (χ3n) is 3.48. The van der Waals surface area contributed by atoms with Crippen LogP contribution < -0.4 is 5.32 Å². The molecule has 4 nitrogen and oxygen atoms in total. The molecule has 100 valence electrons. The summed E-state index contributed by atoms with van der Waals surface area (Å²) in [6, 6.07) is 10.1. The quantitative estimate of drug-likeness (QED) is 0.814. The Kier molecular flexibility index (Phi) is 4.79. The summed E-state index contributed by atoms with van der Waals surface area (Å²) in [4.78, 5) is 13.5. The molecule has 1 aliphatic rings. The van der Waals surface area contributed by atoms with E-state index in [4.69, 9.17) is 5.26 Å². The number of likely N-dealkylation sites (tertiary alicyclic amines) is 1. The number of benzene rings is 1. The summed E-state index contributed by atoms with van der Waals surface area (Å²) in [6.07, 6.45) is 4.47. The zero-order valence-electron chi connectivity index (χ0n) is 11.0. The van der Waals surface area contributed by atoms with Gasteiger partial charge in [-0.1, -0.05) is 30.3 Å². The molecular formula is C15H19N3O. The topological polar surface area (TPSA) is 56.1 Å². The Morgan fingerprint density at radius 3 is 2.89 bits per heavy atom. The van der Waals surface area contributed by atoms with Crippen LogP contribution in [0.4, 0.5) is 0 Å². The van der Waals surface area contributed by atoms with Gasteiger partial charge in [-0.05, 0) is 24.3 Å². The van der Waals surface area contributed by atoms with Crippen LogP contribution in [0.1, 0.15) is 18.4 Å². The number of nitriles is 1. The van der Waals surface area contributed by atoms with Crippen LogP contribution in [0.3, 0.4) is 0 Å². The van der Waals surface area contributed by atoms with E-state index in [0.717, 1.165) is 25.9 Å². The highest BCUT2D eigenvalue weighted by atomic mass is 16.1. The lowest BCUT2D eigenvalue weighted by atomic mass is 10.0. The predicted octanol–water partition coefficient (Wildman–Crippen LogP) is 1.54. The molecule has 0 spiro atoms. The molecule has 1 N–H and O–H groups in total. The average molecular weight is 257 g/mol. The average Bonchev–Trinajstić information content (AvgIpc) is 2.87. The molecule has 0 bridgehead atoms. The molecule has 1 heterocycles. The number of nitrogens with zero attached hydrogens (tertiary/aromatic N) is 2. The molecule has 0 saturated carbocycles. The maximum atomic E-state index is 11.8. The van der Waals surface area contributed by atoms with Crippen molar-refractivity contribution in [3.05, 3.63) is 35.9 Å². The van der Waals surface area contributed by atoms with Crippen molar-refractivity contribution < 1.29 is 4.79 Å². The largest absolute Gasteiger partial charge is 0.356 e. The molecule has 1 aromatic rings. The normalized spacial score (nSPS) is 18.1. The molecule has 1 amide bonds. The van der Waals surface area contributed by atoms with Crippen molar-refractivity contribution in [2.24, 2.45) is 5.92 Å². The van der Waals surface area contributed by atoms with Gasteiger partial charge in [0.25, 0.3) is 0 Å². The Morgan fingerprint density at radius 1 is 1.42 bits per heavy atom. The van der Waals surface area contributed by atoms with Gasteiger partial charge in [-0.3, -0.25) is 4.79 Å². The molecule has 1 unspecified atom stereocenters. The third-order valence-corrected chi connectivity index (χ3v) is 3.48. The summed E-state index contributed by atoms with van der Waals surface area (Å²) >= 11 is 0. The number of hydrogen-bond donors (Lipinski definition) is 1. The molecule has 19 heavy (non-hydrogen) atoms. The van der Waals surface area contributed by atoms with Crippen LogP contribution in [0.25, 0.3) is 0 Å². The fourth-order valence-electron chi connectivity index (χ4n) is 2.42. The Balaban J connectivity index is 1.64. The molecule has 1 aliphatic heterocycles. The number of carbonyl (C=O) groups is 1. The summed E-state index contributed by atoms with van der Waals surface area (Å²) in [5, 5.41) is 11.7. The first-order chi connectivity index (χ1) is 9.28. The molecular weight excluding hydrogens is 238 g/mol. The molecule has 0 aliphatic carbocycles. The van der Waals surface area contributed by atoms with Crippen LogP contribution >= 0.6 is 0 Å². The first-order valence-electron chi connectivity index (χ1n) is 6.73. The highest BCUT2D eigenvalue weighted by Gasteiger charge is 2.23. The lowest BCUT2D eigenvalue weighted by molar-refractivity contribution is -0.121. The molecule has 4 heteroatoms. The van der Waals surface area contributed by atoms with Crippen molar-refractivity contribution in [1.82, 2.24) is 10.2 Å². The van der Waals surface area contributed by atoms with Gasteiger partial charge in [-0.25, -0.2) is 0 Å². The fraction of sp³-hybridized carbons (Fsp3) is 0.467. The summed E-state index contributed by atoms with van der Waals surface area (Å²) in [7, 11) is 0.